The van der Waals surface area contributed by atoms with Crippen molar-refractivity contribution in [3.05, 3.63) is 18.2 Å². The van der Waals surface area contributed by atoms with Crippen molar-refractivity contribution in [1.29, 1.82) is 0 Å². The Morgan fingerprint density at radius 1 is 1.41 bits per heavy atom. The van der Waals surface area contributed by atoms with Gasteiger partial charge in [-0.3, -0.25) is 0 Å². The molecule has 1 atom stereocenters. The van der Waals surface area contributed by atoms with Gasteiger partial charge in [0.25, 0.3) is 0 Å². The van der Waals surface area contributed by atoms with Crippen molar-refractivity contribution in [3.63, 3.8) is 0 Å². The Balaban J connectivity index is 2.77. The Morgan fingerprint density at radius 3 is 2.59 bits per heavy atom. The van der Waals surface area contributed by atoms with Crippen molar-refractivity contribution in [1.82, 2.24) is 0 Å². The molecule has 0 aliphatic rings. The summed E-state index contributed by atoms with van der Waals surface area (Å²) in [4.78, 5) is 0. The summed E-state index contributed by atoms with van der Waals surface area (Å²) in [7, 11) is -1.44. The molecular weight excluding hydrogens is 240 g/mol. The molecule has 0 bridgehead atoms. The molecule has 0 aliphatic carbocycles. The van der Waals surface area contributed by atoms with Gasteiger partial charge < -0.3 is 15.8 Å². The highest BCUT2D eigenvalue weighted by Crippen LogP contribution is 2.22. The second kappa shape index (κ2) is 5.27. The minimum atomic E-state index is -2.99. The van der Waals surface area contributed by atoms with Gasteiger partial charge in [0.15, 0.2) is 0 Å². The van der Waals surface area contributed by atoms with E-state index < -0.39 is 9.84 Å². The minimum Gasteiger partial charge on any atom is -0.497 e. The second-order valence-corrected chi connectivity index (χ2v) is 6.32. The molecule has 5 nitrogen and oxygen atoms in total. The maximum atomic E-state index is 11.1. The Labute approximate surface area is 102 Å². The Bertz CT molecular complexity index is 485. The highest BCUT2D eigenvalue weighted by Gasteiger charge is 2.10. The average Bonchev–Trinajstić information content (AvgIpc) is 2.13. The SMILES string of the molecule is COc1cc(N)cc(NC(C)CS(C)(=O)=O)c1. The summed E-state index contributed by atoms with van der Waals surface area (Å²) in [6.07, 6.45) is 1.21. The maximum absolute atomic E-state index is 11.1. The van der Waals surface area contributed by atoms with Gasteiger partial charge in [-0.15, -0.1) is 0 Å². The standard InChI is InChI=1S/C11H18N2O3S/c1-8(7-17(3,14)15)13-10-4-9(12)5-11(6-10)16-2/h4-6,8,13H,7,12H2,1-3H3. The van der Waals surface area contributed by atoms with Crippen molar-refractivity contribution in [2.75, 3.05) is 30.2 Å². The Hall–Kier alpha value is -1.43. The number of nitrogen functional groups attached to an aromatic ring is 1. The molecule has 0 amide bonds. The molecular formula is C11H18N2O3S. The van der Waals surface area contributed by atoms with Gasteiger partial charge in [0.2, 0.25) is 0 Å². The first-order valence-electron chi connectivity index (χ1n) is 5.19. The van der Waals surface area contributed by atoms with E-state index in [0.29, 0.717) is 11.4 Å². The fourth-order valence-electron chi connectivity index (χ4n) is 1.60. The predicted octanol–water partition coefficient (Wildman–Crippen LogP) is 1.12. The van der Waals surface area contributed by atoms with Gasteiger partial charge in [-0.2, -0.15) is 0 Å². The number of methoxy groups -OCH3 is 1. The molecule has 0 fully saturated rings. The summed E-state index contributed by atoms with van der Waals surface area (Å²) >= 11 is 0. The quantitative estimate of drug-likeness (QED) is 0.774. The molecule has 0 spiro atoms. The first-order chi connectivity index (χ1) is 7.80. The van der Waals surface area contributed by atoms with Crippen LogP contribution in [-0.4, -0.2) is 33.6 Å². The number of anilines is 2. The summed E-state index contributed by atoms with van der Waals surface area (Å²) in [6.45, 7) is 1.80. The van der Waals surface area contributed by atoms with E-state index in [0.717, 1.165) is 5.69 Å². The van der Waals surface area contributed by atoms with E-state index in [-0.39, 0.29) is 11.8 Å². The van der Waals surface area contributed by atoms with Gasteiger partial charge in [0.05, 0.1) is 12.9 Å². The van der Waals surface area contributed by atoms with Crippen LogP contribution in [0, 0.1) is 0 Å². The summed E-state index contributed by atoms with van der Waals surface area (Å²) in [6, 6.07) is 5.03. The number of hydrogen-bond acceptors (Lipinski definition) is 5. The van der Waals surface area contributed by atoms with Crippen molar-refractivity contribution in [3.8, 4) is 5.75 Å². The van der Waals surface area contributed by atoms with Gasteiger partial charge in [-0.25, -0.2) is 8.42 Å². The van der Waals surface area contributed by atoms with Gasteiger partial charge in [0, 0.05) is 35.8 Å². The number of rotatable bonds is 5. The summed E-state index contributed by atoms with van der Waals surface area (Å²) in [5.74, 6) is 0.712. The average molecular weight is 258 g/mol. The lowest BCUT2D eigenvalue weighted by Crippen LogP contribution is -2.25. The number of benzene rings is 1. The number of ether oxygens (including phenoxy) is 1. The molecule has 1 aromatic carbocycles. The van der Waals surface area contributed by atoms with Crippen LogP contribution in [0.2, 0.25) is 0 Å². The van der Waals surface area contributed by atoms with Crippen LogP contribution in [0.4, 0.5) is 11.4 Å². The van der Waals surface area contributed by atoms with E-state index in [1.54, 1.807) is 32.2 Å². The van der Waals surface area contributed by atoms with Crippen molar-refractivity contribution < 1.29 is 13.2 Å². The molecule has 0 saturated heterocycles. The monoisotopic (exact) mass is 258 g/mol. The largest absolute Gasteiger partial charge is 0.497 e. The van der Waals surface area contributed by atoms with Crippen LogP contribution >= 0.6 is 0 Å². The zero-order chi connectivity index (χ0) is 13.1. The molecule has 3 N–H and O–H groups in total. The van der Waals surface area contributed by atoms with Crippen LogP contribution in [0.5, 0.6) is 5.75 Å². The topological polar surface area (TPSA) is 81.4 Å². The smallest absolute Gasteiger partial charge is 0.149 e. The predicted molar refractivity (Wildman–Crippen MR) is 70.2 cm³/mol. The zero-order valence-electron chi connectivity index (χ0n) is 10.2. The lowest BCUT2D eigenvalue weighted by Gasteiger charge is -2.15. The van der Waals surface area contributed by atoms with Crippen LogP contribution in [-0.2, 0) is 9.84 Å². The molecule has 0 heterocycles. The van der Waals surface area contributed by atoms with E-state index in [9.17, 15) is 8.42 Å². The Kier molecular flexibility index (Phi) is 4.22. The summed E-state index contributed by atoms with van der Waals surface area (Å²) in [5, 5.41) is 3.07. The van der Waals surface area contributed by atoms with Gasteiger partial charge in [-0.05, 0) is 13.0 Å². The van der Waals surface area contributed by atoms with Crippen molar-refractivity contribution in [2.45, 2.75) is 13.0 Å². The molecule has 17 heavy (non-hydrogen) atoms. The zero-order valence-corrected chi connectivity index (χ0v) is 11.0. The second-order valence-electron chi connectivity index (χ2n) is 4.13. The first-order valence-corrected chi connectivity index (χ1v) is 7.25. The molecule has 96 valence electrons. The highest BCUT2D eigenvalue weighted by atomic mass is 32.2. The third kappa shape index (κ3) is 4.95. The third-order valence-electron chi connectivity index (χ3n) is 2.13. The summed E-state index contributed by atoms with van der Waals surface area (Å²) < 4.78 is 27.3. The maximum Gasteiger partial charge on any atom is 0.149 e. The van der Waals surface area contributed by atoms with Gasteiger partial charge >= 0.3 is 0 Å². The van der Waals surface area contributed by atoms with Crippen LogP contribution in [0.3, 0.4) is 0 Å². The lowest BCUT2D eigenvalue weighted by molar-refractivity contribution is 0.415. The van der Waals surface area contributed by atoms with Crippen LogP contribution < -0.4 is 15.8 Å². The molecule has 0 aromatic heterocycles. The first kappa shape index (κ1) is 13.6. The molecule has 0 aliphatic heterocycles. The van der Waals surface area contributed by atoms with Gasteiger partial charge in [-0.1, -0.05) is 0 Å². The van der Waals surface area contributed by atoms with E-state index in [2.05, 4.69) is 5.32 Å². The number of nitrogens with one attached hydrogen (secondary N) is 1. The van der Waals surface area contributed by atoms with Crippen LogP contribution in [0.15, 0.2) is 18.2 Å². The summed E-state index contributed by atoms with van der Waals surface area (Å²) in [5.41, 5.74) is 7.02. The number of nitrogens with two attached hydrogens (primary N) is 1. The van der Waals surface area contributed by atoms with Crippen LogP contribution in [0.1, 0.15) is 6.92 Å². The molecule has 1 unspecified atom stereocenters. The van der Waals surface area contributed by atoms with Crippen molar-refractivity contribution >= 4 is 21.2 Å². The molecule has 1 aromatic rings. The minimum absolute atomic E-state index is 0.0735. The fraction of sp³-hybridized carbons (Fsp3) is 0.455. The third-order valence-corrected chi connectivity index (χ3v) is 3.24. The fourth-order valence-corrected chi connectivity index (χ4v) is 2.60. The van der Waals surface area contributed by atoms with E-state index in [1.165, 1.54) is 6.26 Å². The normalized spacial score (nSPS) is 13.1. The Morgan fingerprint density at radius 2 is 2.06 bits per heavy atom. The lowest BCUT2D eigenvalue weighted by atomic mass is 10.2. The van der Waals surface area contributed by atoms with Crippen molar-refractivity contribution in [2.24, 2.45) is 0 Å². The number of hydrogen-bond donors (Lipinski definition) is 2. The van der Waals surface area contributed by atoms with E-state index in [1.807, 2.05) is 0 Å². The molecule has 0 radical (unpaired) electrons. The number of sulfone groups is 1. The van der Waals surface area contributed by atoms with Crippen LogP contribution in [0.25, 0.3) is 0 Å². The van der Waals surface area contributed by atoms with Gasteiger partial charge in [0.1, 0.15) is 15.6 Å². The van der Waals surface area contributed by atoms with E-state index >= 15 is 0 Å². The molecule has 0 saturated carbocycles. The highest BCUT2D eigenvalue weighted by molar-refractivity contribution is 7.90. The molecule has 1 rings (SSSR count). The molecule has 6 heteroatoms. The van der Waals surface area contributed by atoms with E-state index in [4.69, 9.17) is 10.5 Å².